The highest BCUT2D eigenvalue weighted by atomic mass is 14.8. The smallest absolute Gasteiger partial charge is 0.0886 e. The maximum atomic E-state index is 4.97. The fourth-order valence-electron chi connectivity index (χ4n) is 9.38. The Morgan fingerprint density at radius 2 is 0.431 bits per heavy atom. The summed E-state index contributed by atoms with van der Waals surface area (Å²) in [6.45, 7) is 0. The molecule has 9 heteroatoms. The van der Waals surface area contributed by atoms with Gasteiger partial charge >= 0.3 is 0 Å². The molecule has 0 saturated carbocycles. The normalized spacial score (nSPS) is 11.3. The van der Waals surface area contributed by atoms with Crippen LogP contribution in [-0.4, -0.2) is 44.9 Å². The third-order valence-corrected chi connectivity index (χ3v) is 13.2. The molecular weight excluding hydrogens is 883 g/mol. The second kappa shape index (κ2) is 18.2. The molecule has 9 heterocycles. The molecule has 0 unspecified atom stereocenters. The Labute approximate surface area is 414 Å². The third kappa shape index (κ3) is 8.06. The first-order chi connectivity index (χ1) is 35.6. The maximum Gasteiger partial charge on any atom is 0.0886 e. The van der Waals surface area contributed by atoms with Crippen LogP contribution >= 0.6 is 0 Å². The minimum atomic E-state index is 0.802. The van der Waals surface area contributed by atoms with Crippen molar-refractivity contribution in [1.82, 2.24) is 44.9 Å². The van der Waals surface area contributed by atoms with Gasteiger partial charge in [0.2, 0.25) is 0 Å². The second-order valence-corrected chi connectivity index (χ2v) is 17.5. The van der Waals surface area contributed by atoms with Crippen LogP contribution in [0.15, 0.2) is 238 Å². The van der Waals surface area contributed by atoms with Crippen LogP contribution in [-0.2, 0) is 0 Å². The molecule has 9 nitrogen and oxygen atoms in total. The summed E-state index contributed by atoms with van der Waals surface area (Å²) < 4.78 is 0. The van der Waals surface area contributed by atoms with E-state index in [0.29, 0.717) is 0 Å². The number of pyridine rings is 9. The lowest BCUT2D eigenvalue weighted by atomic mass is 9.90. The molecule has 0 spiro atoms. The standard InChI is InChI=1S/C63H39N9/c1-4-28-64-55(7-1)44-16-24-60(69-35-44)47-14-22-58(67-37-47)41-11-20-50-52-31-40(43-13-26-62(71-34-43)63-27-18-46(39-72-63)57-9-3-6-30-66-57)10-19-49(52)53-32-42(12-21-51(53)54(50)33-41)59-23-15-48(38-68-59)61-25-17-45(36-70-61)56-8-2-5-29-65-56/h1-39H. The molecule has 0 saturated heterocycles. The molecule has 9 aromatic heterocycles. The third-order valence-electron chi connectivity index (χ3n) is 13.2. The second-order valence-electron chi connectivity index (χ2n) is 17.5. The van der Waals surface area contributed by atoms with E-state index in [2.05, 4.69) is 99.9 Å². The van der Waals surface area contributed by atoms with E-state index in [1.54, 1.807) is 18.6 Å². The minimum absolute atomic E-state index is 0.802. The van der Waals surface area contributed by atoms with Crippen LogP contribution < -0.4 is 0 Å². The molecule has 0 aliphatic heterocycles. The number of aromatic nitrogens is 9. The molecule has 13 rings (SSSR count). The van der Waals surface area contributed by atoms with Crippen molar-refractivity contribution in [2.45, 2.75) is 0 Å². The Bertz CT molecular complexity index is 3600. The Morgan fingerprint density at radius 1 is 0.167 bits per heavy atom. The first-order valence-electron chi connectivity index (χ1n) is 23.6. The van der Waals surface area contributed by atoms with Crippen LogP contribution in [0.3, 0.4) is 0 Å². The van der Waals surface area contributed by atoms with E-state index in [9.17, 15) is 0 Å². The van der Waals surface area contributed by atoms with Crippen molar-refractivity contribution in [3.8, 4) is 101 Å². The molecule has 0 N–H and O–H groups in total. The zero-order valence-corrected chi connectivity index (χ0v) is 38.5. The van der Waals surface area contributed by atoms with Gasteiger partial charge in [-0.2, -0.15) is 0 Å². The van der Waals surface area contributed by atoms with Gasteiger partial charge in [-0.1, -0.05) is 60.7 Å². The monoisotopic (exact) mass is 921 g/mol. The van der Waals surface area contributed by atoms with Gasteiger partial charge in [0, 0.05) is 100 Å². The first-order valence-corrected chi connectivity index (χ1v) is 23.6. The van der Waals surface area contributed by atoms with Gasteiger partial charge in [0.25, 0.3) is 0 Å². The predicted octanol–water partition coefficient (Wildman–Crippen LogP) is 14.7. The fraction of sp³-hybridized carbons (Fsp3) is 0. The van der Waals surface area contributed by atoms with Crippen molar-refractivity contribution < 1.29 is 0 Å². The molecule has 0 aliphatic carbocycles. The number of fused-ring (bicyclic) bond motifs is 6. The zero-order valence-electron chi connectivity index (χ0n) is 38.5. The largest absolute Gasteiger partial charge is 0.256 e. The summed E-state index contributed by atoms with van der Waals surface area (Å²) in [5.74, 6) is 0. The number of rotatable bonds is 9. The van der Waals surface area contributed by atoms with Gasteiger partial charge in [-0.05, 0) is 159 Å². The quantitative estimate of drug-likeness (QED) is 0.130. The molecule has 13 aromatic rings. The first kappa shape index (κ1) is 42.1. The van der Waals surface area contributed by atoms with Crippen molar-refractivity contribution in [3.05, 3.63) is 238 Å². The molecular formula is C63H39N9. The summed E-state index contributed by atoms with van der Waals surface area (Å²) in [6.07, 6.45) is 16.7. The highest BCUT2D eigenvalue weighted by molar-refractivity contribution is 6.26. The van der Waals surface area contributed by atoms with E-state index in [4.69, 9.17) is 29.9 Å². The van der Waals surface area contributed by atoms with Crippen molar-refractivity contribution in [2.75, 3.05) is 0 Å². The SMILES string of the molecule is c1ccc(-c2ccc(-c3ccc(-c4ccc5c(c4)c4ccc(-c6ccc(-c7ccc(-c8ccccn8)cn7)nc6)cc4c4ccc(-c6ccc(-c7ccc(-c8ccccn8)cn7)cn6)cc45)nc3)nc2)nc1. The van der Waals surface area contributed by atoms with E-state index >= 15 is 0 Å². The number of hydrogen-bond donors (Lipinski definition) is 0. The maximum absolute atomic E-state index is 4.97. The Kier molecular flexibility index (Phi) is 10.6. The van der Waals surface area contributed by atoms with Gasteiger partial charge in [-0.15, -0.1) is 0 Å². The number of nitrogens with zero attached hydrogens (tertiary/aromatic N) is 9. The van der Waals surface area contributed by atoms with Crippen molar-refractivity contribution >= 4 is 32.3 Å². The lowest BCUT2D eigenvalue weighted by Gasteiger charge is -2.15. The summed E-state index contributed by atoms with van der Waals surface area (Å²) in [5.41, 5.74) is 16.6. The van der Waals surface area contributed by atoms with Crippen LogP contribution in [0.5, 0.6) is 0 Å². The molecule has 0 aliphatic rings. The van der Waals surface area contributed by atoms with Crippen LogP contribution in [0, 0.1) is 0 Å². The van der Waals surface area contributed by atoms with Crippen LogP contribution in [0.25, 0.3) is 134 Å². The van der Waals surface area contributed by atoms with E-state index in [1.165, 1.54) is 0 Å². The fourth-order valence-corrected chi connectivity index (χ4v) is 9.38. The highest BCUT2D eigenvalue weighted by Gasteiger charge is 2.15. The number of hydrogen-bond acceptors (Lipinski definition) is 9. The Hall–Kier alpha value is -9.99. The zero-order chi connectivity index (χ0) is 47.8. The lowest BCUT2D eigenvalue weighted by Crippen LogP contribution is -1.91. The lowest BCUT2D eigenvalue weighted by molar-refractivity contribution is 1.24. The molecule has 4 aromatic carbocycles. The van der Waals surface area contributed by atoms with Crippen LogP contribution in [0.1, 0.15) is 0 Å². The average molecular weight is 922 g/mol. The topological polar surface area (TPSA) is 116 Å². The highest BCUT2D eigenvalue weighted by Crippen LogP contribution is 2.41. The Balaban J connectivity index is 0.861. The minimum Gasteiger partial charge on any atom is -0.256 e. The summed E-state index contributed by atoms with van der Waals surface area (Å²) in [4.78, 5) is 42.5. The van der Waals surface area contributed by atoms with Gasteiger partial charge in [0.1, 0.15) is 0 Å². The van der Waals surface area contributed by atoms with Gasteiger partial charge < -0.3 is 0 Å². The summed E-state index contributed by atoms with van der Waals surface area (Å²) in [5, 5.41) is 6.85. The van der Waals surface area contributed by atoms with Gasteiger partial charge in [0.05, 0.1) is 51.2 Å². The molecule has 72 heavy (non-hydrogen) atoms. The molecule has 0 atom stereocenters. The Morgan fingerprint density at radius 3 is 0.736 bits per heavy atom. The predicted molar refractivity (Wildman–Crippen MR) is 288 cm³/mol. The van der Waals surface area contributed by atoms with Crippen molar-refractivity contribution in [1.29, 1.82) is 0 Å². The van der Waals surface area contributed by atoms with Gasteiger partial charge in [-0.3, -0.25) is 44.9 Å². The summed E-state index contributed by atoms with van der Waals surface area (Å²) in [6, 6.07) is 62.4. The van der Waals surface area contributed by atoms with E-state index in [-0.39, 0.29) is 0 Å². The van der Waals surface area contributed by atoms with Crippen molar-refractivity contribution in [3.63, 3.8) is 0 Å². The van der Waals surface area contributed by atoms with Gasteiger partial charge in [-0.25, -0.2) is 0 Å². The summed E-state index contributed by atoms with van der Waals surface area (Å²) in [7, 11) is 0. The molecule has 336 valence electrons. The van der Waals surface area contributed by atoms with Crippen molar-refractivity contribution in [2.24, 2.45) is 0 Å². The number of benzene rings is 4. The van der Waals surface area contributed by atoms with Crippen LogP contribution in [0.2, 0.25) is 0 Å². The van der Waals surface area contributed by atoms with E-state index in [1.807, 2.05) is 134 Å². The van der Waals surface area contributed by atoms with Crippen LogP contribution in [0.4, 0.5) is 0 Å². The molecule has 0 fully saturated rings. The van der Waals surface area contributed by atoms with Gasteiger partial charge in [0.15, 0.2) is 0 Å². The van der Waals surface area contributed by atoms with E-state index in [0.717, 1.165) is 134 Å². The molecule has 0 bridgehead atoms. The van der Waals surface area contributed by atoms with E-state index < -0.39 is 0 Å². The molecule has 0 amide bonds. The summed E-state index contributed by atoms with van der Waals surface area (Å²) >= 11 is 0. The average Bonchev–Trinajstić information content (AvgIpc) is 3.48. The molecule has 0 radical (unpaired) electrons.